The summed E-state index contributed by atoms with van der Waals surface area (Å²) in [4.78, 5) is 12.1. The quantitative estimate of drug-likeness (QED) is 0.399. The molecule has 0 aromatic heterocycles. The van der Waals surface area contributed by atoms with Crippen LogP contribution in [0.15, 0.2) is 40.2 Å². The zero-order valence-corrected chi connectivity index (χ0v) is 16.3. The summed E-state index contributed by atoms with van der Waals surface area (Å²) in [5.74, 6) is -1.54. The van der Waals surface area contributed by atoms with Gasteiger partial charge in [-0.05, 0) is 30.4 Å². The van der Waals surface area contributed by atoms with E-state index >= 15 is 0 Å². The number of ether oxygens (including phenoxy) is 1. The number of benzene rings is 1. The predicted octanol–water partition coefficient (Wildman–Crippen LogP) is 2.98. The Morgan fingerprint density at radius 1 is 1.43 bits per heavy atom. The highest BCUT2D eigenvalue weighted by Gasteiger charge is 2.51. The molecule has 0 saturated carbocycles. The minimum absolute atomic E-state index is 0.339. The number of carboxylic acids is 1. The molecule has 0 amide bonds. The molecular formula is C15H13Cl2F3N2O5S. The average molecular weight is 461 g/mol. The summed E-state index contributed by atoms with van der Waals surface area (Å²) in [6.45, 7) is -0.751. The van der Waals surface area contributed by atoms with Crippen LogP contribution in [0.25, 0.3) is 0 Å². The minimum atomic E-state index is -4.91. The molecule has 0 bridgehead atoms. The Morgan fingerprint density at radius 3 is 2.61 bits per heavy atom. The predicted molar refractivity (Wildman–Crippen MR) is 95.0 cm³/mol. The van der Waals surface area contributed by atoms with E-state index in [0.29, 0.717) is 10.4 Å². The van der Waals surface area contributed by atoms with Gasteiger partial charge in [0.2, 0.25) is 10.0 Å². The van der Waals surface area contributed by atoms with E-state index in [-0.39, 0.29) is 0 Å². The lowest BCUT2D eigenvalue weighted by Crippen LogP contribution is -2.57. The lowest BCUT2D eigenvalue weighted by Gasteiger charge is -2.38. The third kappa shape index (κ3) is 4.18. The molecule has 1 aromatic rings. The van der Waals surface area contributed by atoms with Gasteiger partial charge in [0.15, 0.2) is 11.0 Å². The summed E-state index contributed by atoms with van der Waals surface area (Å²) in [5, 5.41) is 8.66. The first-order valence-corrected chi connectivity index (χ1v) is 9.56. The molecule has 2 rings (SSSR count). The molecule has 1 aliphatic rings. The number of rotatable bonds is 6. The van der Waals surface area contributed by atoms with Gasteiger partial charge in [-0.2, -0.15) is 13.2 Å². The van der Waals surface area contributed by atoms with Crippen LogP contribution in [0.2, 0.25) is 5.02 Å². The van der Waals surface area contributed by atoms with Gasteiger partial charge < -0.3 is 9.84 Å². The second-order valence-corrected chi connectivity index (χ2v) is 8.41. The fraction of sp³-hybridized carbons (Fsp3) is 0.333. The molecule has 28 heavy (non-hydrogen) atoms. The molecule has 13 heteroatoms. The van der Waals surface area contributed by atoms with Gasteiger partial charge in [-0.15, -0.1) is 4.31 Å². The van der Waals surface area contributed by atoms with Crippen molar-refractivity contribution in [2.75, 3.05) is 13.8 Å². The Morgan fingerprint density at radius 2 is 2.07 bits per heavy atom. The normalized spacial score (nSPS) is 22.6. The number of allylic oxidation sites excluding steroid dienone is 1. The molecule has 1 heterocycles. The smallest absolute Gasteiger partial charge is 0.417 e. The highest BCUT2D eigenvalue weighted by atomic mass is 35.5. The van der Waals surface area contributed by atoms with E-state index in [0.717, 1.165) is 31.5 Å². The van der Waals surface area contributed by atoms with Crippen LogP contribution in [0.3, 0.4) is 0 Å². The van der Waals surface area contributed by atoms with E-state index in [1.54, 1.807) is 0 Å². The Balaban J connectivity index is 2.64. The maximum Gasteiger partial charge on any atom is 0.417 e. The van der Waals surface area contributed by atoms with E-state index < -0.39 is 55.4 Å². The highest BCUT2D eigenvalue weighted by molar-refractivity contribution is 7.89. The molecule has 0 saturated heterocycles. The fourth-order valence-corrected chi connectivity index (χ4v) is 4.75. The molecule has 154 valence electrons. The number of hydrogen-bond donors (Lipinski definition) is 1. The van der Waals surface area contributed by atoms with Crippen molar-refractivity contribution < 1.29 is 36.2 Å². The zero-order chi connectivity index (χ0) is 21.3. The molecule has 2 atom stereocenters. The summed E-state index contributed by atoms with van der Waals surface area (Å²) in [7, 11) is -3.65. The summed E-state index contributed by atoms with van der Waals surface area (Å²) in [5.41, 5.74) is -1.37. The van der Waals surface area contributed by atoms with Gasteiger partial charge in [0, 0.05) is 13.3 Å². The van der Waals surface area contributed by atoms with Crippen LogP contribution in [0.1, 0.15) is 5.56 Å². The lowest BCUT2D eigenvalue weighted by molar-refractivity contribution is -0.140. The number of dihydropyridines is 1. The third-order valence-electron chi connectivity index (χ3n) is 3.73. The van der Waals surface area contributed by atoms with E-state index in [9.17, 15) is 31.5 Å². The molecule has 1 aromatic carbocycles. The maximum absolute atomic E-state index is 13.1. The largest absolute Gasteiger partial charge is 0.480 e. The van der Waals surface area contributed by atoms with Crippen molar-refractivity contribution in [1.29, 1.82) is 0 Å². The van der Waals surface area contributed by atoms with Gasteiger partial charge in [0.05, 0.1) is 15.5 Å². The van der Waals surface area contributed by atoms with Crippen LogP contribution in [-0.4, -0.2) is 54.9 Å². The van der Waals surface area contributed by atoms with Crippen molar-refractivity contribution in [3.63, 3.8) is 0 Å². The first-order valence-electron chi connectivity index (χ1n) is 7.37. The number of alkyl halides is 4. The monoisotopic (exact) mass is 460 g/mol. The molecule has 0 spiro atoms. The minimum Gasteiger partial charge on any atom is -0.480 e. The number of methoxy groups -OCH3 is 1. The molecule has 0 aliphatic carbocycles. The van der Waals surface area contributed by atoms with Crippen LogP contribution in [0.5, 0.6) is 0 Å². The van der Waals surface area contributed by atoms with Gasteiger partial charge in [0.1, 0.15) is 6.73 Å². The van der Waals surface area contributed by atoms with Gasteiger partial charge in [-0.25, -0.2) is 13.2 Å². The molecule has 0 radical (unpaired) electrons. The van der Waals surface area contributed by atoms with Gasteiger partial charge in [-0.1, -0.05) is 23.2 Å². The second-order valence-electron chi connectivity index (χ2n) is 5.54. The topological polar surface area (TPSA) is 96.3 Å². The number of halogens is 5. The molecule has 2 unspecified atom stereocenters. The number of sulfonamides is 1. The van der Waals surface area contributed by atoms with E-state index in [1.165, 1.54) is 6.08 Å². The van der Waals surface area contributed by atoms with Gasteiger partial charge >= 0.3 is 12.1 Å². The number of aliphatic imine (C=N–C) groups is 1. The first kappa shape index (κ1) is 22.6. The number of aliphatic carboxylic acids is 1. The summed E-state index contributed by atoms with van der Waals surface area (Å²) in [6.07, 6.45) is -1.53. The summed E-state index contributed by atoms with van der Waals surface area (Å²) >= 11 is 11.8. The average Bonchev–Trinajstić information content (AvgIpc) is 2.58. The number of carboxylic acid groups (broad SMARTS) is 1. The Labute approximate surface area is 168 Å². The van der Waals surface area contributed by atoms with Crippen molar-refractivity contribution in [3.8, 4) is 0 Å². The molecule has 1 aliphatic heterocycles. The highest BCUT2D eigenvalue weighted by Crippen LogP contribution is 2.39. The Bertz CT molecular complexity index is 936. The second kappa shape index (κ2) is 7.99. The third-order valence-corrected chi connectivity index (χ3v) is 6.53. The van der Waals surface area contributed by atoms with Gasteiger partial charge in [0.25, 0.3) is 0 Å². The van der Waals surface area contributed by atoms with Crippen molar-refractivity contribution in [3.05, 3.63) is 40.9 Å². The molecule has 0 fully saturated rings. The first-order chi connectivity index (χ1) is 12.9. The van der Waals surface area contributed by atoms with Gasteiger partial charge in [-0.3, -0.25) is 4.99 Å². The van der Waals surface area contributed by atoms with E-state index in [4.69, 9.17) is 27.9 Å². The maximum atomic E-state index is 13.1. The van der Waals surface area contributed by atoms with Crippen LogP contribution in [0.4, 0.5) is 13.2 Å². The Kier molecular flexibility index (Phi) is 6.46. The van der Waals surface area contributed by atoms with Crippen molar-refractivity contribution in [2.45, 2.75) is 22.1 Å². The summed E-state index contributed by atoms with van der Waals surface area (Å²) < 4.78 is 70.7. The SMILES string of the molecule is COCN(C1(Cl)C=CC=NC1C(=O)O)S(=O)(=O)c1ccc(Cl)c(C(F)(F)F)c1. The Hall–Kier alpha value is -1.66. The summed E-state index contributed by atoms with van der Waals surface area (Å²) in [6, 6.07) is 0.193. The van der Waals surface area contributed by atoms with Crippen molar-refractivity contribution in [2.24, 2.45) is 4.99 Å². The zero-order valence-electron chi connectivity index (χ0n) is 14.0. The molecule has 1 N–H and O–H groups in total. The van der Waals surface area contributed by atoms with Crippen molar-refractivity contribution in [1.82, 2.24) is 4.31 Å². The van der Waals surface area contributed by atoms with Crippen LogP contribution in [-0.2, 0) is 25.7 Å². The molecule has 7 nitrogen and oxygen atoms in total. The van der Waals surface area contributed by atoms with Crippen LogP contribution < -0.4 is 0 Å². The molecular weight excluding hydrogens is 448 g/mol. The number of carbonyl (C=O) groups is 1. The van der Waals surface area contributed by atoms with E-state index in [2.05, 4.69) is 4.99 Å². The lowest BCUT2D eigenvalue weighted by atomic mass is 10.1. The number of nitrogens with zero attached hydrogens (tertiary/aromatic N) is 2. The van der Waals surface area contributed by atoms with Crippen LogP contribution in [0, 0.1) is 0 Å². The standard InChI is InChI=1S/C15H13Cl2F3N2O5S/c1-27-8-22(14(17)5-2-6-21-12(14)13(23)24)28(25,26)9-3-4-11(16)10(7-9)15(18,19)20/h2-7,12H,8H2,1H3,(H,23,24). The van der Waals surface area contributed by atoms with E-state index in [1.807, 2.05) is 0 Å². The fourth-order valence-electron chi connectivity index (χ4n) is 2.44. The van der Waals surface area contributed by atoms with Crippen LogP contribution >= 0.6 is 23.2 Å². The number of hydrogen-bond acceptors (Lipinski definition) is 5. The van der Waals surface area contributed by atoms with Crippen molar-refractivity contribution >= 4 is 45.4 Å².